The third-order valence-corrected chi connectivity index (χ3v) is 4.66. The van der Waals surface area contributed by atoms with E-state index in [1.807, 2.05) is 69.7 Å². The van der Waals surface area contributed by atoms with Crippen molar-refractivity contribution in [3.63, 3.8) is 0 Å². The van der Waals surface area contributed by atoms with Crippen molar-refractivity contribution in [2.75, 3.05) is 11.5 Å². The summed E-state index contributed by atoms with van der Waals surface area (Å²) in [5.74, 6) is 1.44. The van der Waals surface area contributed by atoms with Gasteiger partial charge in [-0.05, 0) is 48.5 Å². The minimum Gasteiger partial charge on any atom is -0.397 e. The fourth-order valence-electron chi connectivity index (χ4n) is 3.11. The molecule has 6 rings (SSSR count). The van der Waals surface area contributed by atoms with Crippen molar-refractivity contribution in [3.8, 4) is 23.0 Å². The molecule has 0 saturated carbocycles. The number of anilines is 2. The van der Waals surface area contributed by atoms with Gasteiger partial charge in [-0.25, -0.2) is 0 Å². The van der Waals surface area contributed by atoms with Crippen molar-refractivity contribution >= 4 is 22.7 Å². The van der Waals surface area contributed by atoms with E-state index in [2.05, 4.69) is 30.4 Å². The molecule has 0 fully saturated rings. The number of rotatable bonds is 2. The Kier molecular flexibility index (Phi) is 6.37. The van der Waals surface area contributed by atoms with E-state index in [1.54, 1.807) is 24.5 Å². The van der Waals surface area contributed by atoms with Crippen LogP contribution in [0.5, 0.6) is 0 Å². The monoisotopic (exact) mass is 617 g/mol. The number of hydrogen-bond acceptors (Lipinski definition) is 8. The van der Waals surface area contributed by atoms with Crippen LogP contribution in [0.2, 0.25) is 0 Å². The summed E-state index contributed by atoms with van der Waals surface area (Å²) in [6.07, 6.45) is 7.03. The van der Waals surface area contributed by atoms with E-state index in [-0.39, 0.29) is 21.1 Å². The predicted molar refractivity (Wildman–Crippen MR) is 121 cm³/mol. The SMILES string of the molecule is Nc1ccc(-c2nnc3ccccn23)nc1.Nc1ccc(-c2nnc3ccccn23)nc1.[Pt]. The van der Waals surface area contributed by atoms with Crippen LogP contribution in [-0.4, -0.2) is 39.2 Å². The molecule has 0 aliphatic heterocycles. The van der Waals surface area contributed by atoms with Gasteiger partial charge in [0.05, 0.1) is 23.8 Å². The Morgan fingerprint density at radius 2 is 1.00 bits per heavy atom. The Balaban J connectivity index is 0.000000152. The van der Waals surface area contributed by atoms with Gasteiger partial charge in [0.15, 0.2) is 22.9 Å². The van der Waals surface area contributed by atoms with Crippen LogP contribution in [0.4, 0.5) is 11.4 Å². The second-order valence-corrected chi connectivity index (χ2v) is 6.86. The molecule has 6 aromatic heterocycles. The molecule has 0 saturated heterocycles. The maximum absolute atomic E-state index is 5.59. The van der Waals surface area contributed by atoms with E-state index in [9.17, 15) is 0 Å². The average Bonchev–Trinajstić information content (AvgIpc) is 3.45. The molecule has 33 heavy (non-hydrogen) atoms. The van der Waals surface area contributed by atoms with Crippen LogP contribution in [0, 0.1) is 0 Å². The van der Waals surface area contributed by atoms with E-state index in [0.717, 1.165) is 34.3 Å². The summed E-state index contributed by atoms with van der Waals surface area (Å²) < 4.78 is 3.77. The molecule has 0 aromatic carbocycles. The quantitative estimate of drug-likeness (QED) is 0.303. The third-order valence-electron chi connectivity index (χ3n) is 4.66. The molecule has 4 N–H and O–H groups in total. The molecule has 0 aliphatic rings. The summed E-state index contributed by atoms with van der Waals surface area (Å²) in [6.45, 7) is 0. The van der Waals surface area contributed by atoms with Crippen molar-refractivity contribution in [1.29, 1.82) is 0 Å². The van der Waals surface area contributed by atoms with Crippen LogP contribution in [-0.2, 0) is 21.1 Å². The molecule has 0 atom stereocenters. The smallest absolute Gasteiger partial charge is 0.186 e. The summed E-state index contributed by atoms with van der Waals surface area (Å²) in [6, 6.07) is 18.8. The Morgan fingerprint density at radius 1 is 0.545 bits per heavy atom. The summed E-state index contributed by atoms with van der Waals surface area (Å²) in [4.78, 5) is 8.45. The Hall–Kier alpha value is -4.17. The van der Waals surface area contributed by atoms with Crippen LogP contribution < -0.4 is 11.5 Å². The molecular weight excluding hydrogens is 599 g/mol. The zero-order valence-electron chi connectivity index (χ0n) is 17.1. The van der Waals surface area contributed by atoms with Crippen molar-refractivity contribution in [2.24, 2.45) is 0 Å². The molecule has 0 bridgehead atoms. The average molecular weight is 618 g/mol. The van der Waals surface area contributed by atoms with Crippen LogP contribution >= 0.6 is 0 Å². The molecule has 0 spiro atoms. The fourth-order valence-corrected chi connectivity index (χ4v) is 3.11. The topological polar surface area (TPSA) is 138 Å². The normalized spacial score (nSPS) is 10.4. The summed E-state index contributed by atoms with van der Waals surface area (Å²) >= 11 is 0. The molecule has 0 amide bonds. The van der Waals surface area contributed by atoms with Gasteiger partial charge in [-0.3, -0.25) is 18.8 Å². The first-order valence-corrected chi connectivity index (χ1v) is 9.72. The number of fused-ring (bicyclic) bond motifs is 2. The van der Waals surface area contributed by atoms with Crippen molar-refractivity contribution < 1.29 is 21.1 Å². The predicted octanol–water partition coefficient (Wildman–Crippen LogP) is 2.74. The summed E-state index contributed by atoms with van der Waals surface area (Å²) in [5.41, 5.74) is 15.6. The van der Waals surface area contributed by atoms with Gasteiger partial charge in [-0.1, -0.05) is 12.1 Å². The Bertz CT molecular complexity index is 1370. The second kappa shape index (κ2) is 9.54. The molecule has 6 aromatic rings. The molecule has 0 unspecified atom stereocenters. The van der Waals surface area contributed by atoms with E-state index < -0.39 is 0 Å². The van der Waals surface area contributed by atoms with Gasteiger partial charge in [0.2, 0.25) is 0 Å². The second-order valence-electron chi connectivity index (χ2n) is 6.86. The van der Waals surface area contributed by atoms with Crippen LogP contribution in [0.1, 0.15) is 0 Å². The maximum atomic E-state index is 5.59. The van der Waals surface area contributed by atoms with Gasteiger partial charge in [0, 0.05) is 33.5 Å². The van der Waals surface area contributed by atoms with Crippen molar-refractivity contribution in [3.05, 3.63) is 85.5 Å². The van der Waals surface area contributed by atoms with Crippen molar-refractivity contribution in [2.45, 2.75) is 0 Å². The summed E-state index contributed by atoms with van der Waals surface area (Å²) in [7, 11) is 0. The number of nitrogens with two attached hydrogens (primary N) is 2. The van der Waals surface area contributed by atoms with Crippen LogP contribution in [0.15, 0.2) is 85.5 Å². The van der Waals surface area contributed by atoms with Gasteiger partial charge in [0.1, 0.15) is 11.4 Å². The van der Waals surface area contributed by atoms with Gasteiger partial charge >= 0.3 is 0 Å². The Labute approximate surface area is 202 Å². The fraction of sp³-hybridized carbons (Fsp3) is 0. The standard InChI is InChI=1S/2C11H9N5.Pt/c2*12-8-4-5-9(13-7-8)11-15-14-10-3-1-2-6-16(10)11;/h2*1-7H,12H2;. The number of pyridine rings is 4. The van der Waals surface area contributed by atoms with Crippen LogP contribution in [0.25, 0.3) is 34.3 Å². The van der Waals surface area contributed by atoms with Gasteiger partial charge < -0.3 is 11.5 Å². The van der Waals surface area contributed by atoms with Crippen molar-refractivity contribution in [1.82, 2.24) is 39.2 Å². The molecule has 10 nitrogen and oxygen atoms in total. The zero-order chi connectivity index (χ0) is 21.9. The maximum Gasteiger partial charge on any atom is 0.186 e. The minimum atomic E-state index is 0. The van der Waals surface area contributed by atoms with E-state index >= 15 is 0 Å². The first-order valence-electron chi connectivity index (χ1n) is 9.72. The minimum absolute atomic E-state index is 0. The molecule has 11 heteroatoms. The molecule has 6 heterocycles. The number of aromatic nitrogens is 8. The van der Waals surface area contributed by atoms with E-state index in [0.29, 0.717) is 11.4 Å². The van der Waals surface area contributed by atoms with Gasteiger partial charge in [-0.15, -0.1) is 20.4 Å². The molecule has 166 valence electrons. The summed E-state index contributed by atoms with van der Waals surface area (Å²) in [5, 5.41) is 16.3. The Morgan fingerprint density at radius 3 is 1.39 bits per heavy atom. The molecule has 0 radical (unpaired) electrons. The molecular formula is C22H18N10Pt. The van der Waals surface area contributed by atoms with Gasteiger partial charge in [-0.2, -0.15) is 0 Å². The number of nitrogen functional groups attached to an aromatic ring is 2. The van der Waals surface area contributed by atoms with Crippen LogP contribution in [0.3, 0.4) is 0 Å². The largest absolute Gasteiger partial charge is 0.397 e. The van der Waals surface area contributed by atoms with E-state index in [1.165, 1.54) is 0 Å². The first-order chi connectivity index (χ1) is 15.7. The van der Waals surface area contributed by atoms with E-state index in [4.69, 9.17) is 11.5 Å². The van der Waals surface area contributed by atoms with Gasteiger partial charge in [0.25, 0.3) is 0 Å². The number of hydrogen-bond donors (Lipinski definition) is 2. The first kappa shape index (κ1) is 22.0. The zero-order valence-corrected chi connectivity index (χ0v) is 19.4. The molecule has 0 aliphatic carbocycles. The third kappa shape index (κ3) is 4.56. The number of nitrogens with zero attached hydrogens (tertiary/aromatic N) is 8.